The number of carbonyl (C=O) groups excluding carboxylic acids is 2. The van der Waals surface area contributed by atoms with Gasteiger partial charge in [-0.05, 0) is 24.3 Å². The molecule has 1 aromatic carbocycles. The predicted octanol–water partition coefficient (Wildman–Crippen LogP) is 2.62. The maximum absolute atomic E-state index is 12.5. The Morgan fingerprint density at radius 1 is 1.30 bits per heavy atom. The van der Waals surface area contributed by atoms with Crippen molar-refractivity contribution in [2.45, 2.75) is 32.1 Å². The Balaban J connectivity index is 1.62. The van der Waals surface area contributed by atoms with Crippen LogP contribution in [0.15, 0.2) is 30.3 Å². The van der Waals surface area contributed by atoms with Crippen LogP contribution in [0.3, 0.4) is 0 Å². The number of rotatable bonds is 3. The van der Waals surface area contributed by atoms with Gasteiger partial charge in [-0.25, -0.2) is 0 Å². The van der Waals surface area contributed by atoms with E-state index in [0.717, 1.165) is 12.8 Å². The molecule has 0 bridgehead atoms. The van der Waals surface area contributed by atoms with Crippen LogP contribution < -0.4 is 0 Å². The maximum atomic E-state index is 12.5. The lowest BCUT2D eigenvalue weighted by atomic mass is 9.93. The van der Waals surface area contributed by atoms with Crippen LogP contribution in [0.1, 0.15) is 37.7 Å². The molecule has 1 aliphatic heterocycles. The summed E-state index contributed by atoms with van der Waals surface area (Å²) >= 11 is 0. The van der Waals surface area contributed by atoms with E-state index in [9.17, 15) is 9.59 Å². The molecule has 2 fully saturated rings. The molecule has 106 valence electrons. The number of hydrogen-bond donors (Lipinski definition) is 0. The fourth-order valence-electron chi connectivity index (χ4n) is 3.24. The molecule has 1 aromatic rings. The second kappa shape index (κ2) is 5.39. The van der Waals surface area contributed by atoms with Gasteiger partial charge in [0.25, 0.3) is 0 Å². The molecule has 20 heavy (non-hydrogen) atoms. The number of ketones is 1. The number of nitrogens with zero attached hydrogens (tertiary/aromatic N) is 1. The first kappa shape index (κ1) is 13.3. The zero-order valence-electron chi connectivity index (χ0n) is 11.9. The van der Waals surface area contributed by atoms with Crippen molar-refractivity contribution < 1.29 is 9.59 Å². The molecule has 1 heterocycles. The highest BCUT2D eigenvalue weighted by Gasteiger charge is 2.46. The molecule has 1 amide bonds. The molecule has 3 nitrogen and oxygen atoms in total. The molecule has 3 heteroatoms. The van der Waals surface area contributed by atoms with Crippen LogP contribution in [-0.4, -0.2) is 29.7 Å². The smallest absolute Gasteiger partial charge is 0.226 e. The summed E-state index contributed by atoms with van der Waals surface area (Å²) in [6.45, 7) is 3.28. The van der Waals surface area contributed by atoms with Crippen LogP contribution in [-0.2, 0) is 9.59 Å². The molecular formula is C17H21NO2. The number of piperidine rings is 1. The third-order valence-corrected chi connectivity index (χ3v) is 4.66. The SMILES string of the molecule is CCC1CN(C(=O)C2CC2c2ccccc2)CCC1=O. The second-order valence-electron chi connectivity index (χ2n) is 5.97. The predicted molar refractivity (Wildman–Crippen MR) is 77.3 cm³/mol. The summed E-state index contributed by atoms with van der Waals surface area (Å²) in [4.78, 5) is 26.2. The molecule has 0 N–H and O–H groups in total. The zero-order chi connectivity index (χ0) is 14.1. The van der Waals surface area contributed by atoms with Crippen molar-refractivity contribution in [3.63, 3.8) is 0 Å². The molecule has 1 saturated carbocycles. The van der Waals surface area contributed by atoms with Gasteiger partial charge in [-0.3, -0.25) is 9.59 Å². The Bertz CT molecular complexity index is 511. The van der Waals surface area contributed by atoms with E-state index >= 15 is 0 Å². The number of benzene rings is 1. The van der Waals surface area contributed by atoms with E-state index in [2.05, 4.69) is 12.1 Å². The maximum Gasteiger partial charge on any atom is 0.226 e. The molecule has 0 spiro atoms. The molecule has 0 aromatic heterocycles. The molecule has 3 atom stereocenters. The van der Waals surface area contributed by atoms with Gasteiger partial charge in [0.15, 0.2) is 0 Å². The van der Waals surface area contributed by atoms with Crippen LogP contribution in [0.25, 0.3) is 0 Å². The molecule has 2 aliphatic rings. The van der Waals surface area contributed by atoms with Crippen molar-refractivity contribution in [2.24, 2.45) is 11.8 Å². The Morgan fingerprint density at radius 2 is 2.05 bits per heavy atom. The third-order valence-electron chi connectivity index (χ3n) is 4.66. The van der Waals surface area contributed by atoms with E-state index in [1.54, 1.807) is 0 Å². The van der Waals surface area contributed by atoms with Gasteiger partial charge in [-0.2, -0.15) is 0 Å². The number of hydrogen-bond acceptors (Lipinski definition) is 2. The number of amides is 1. The number of likely N-dealkylation sites (tertiary alicyclic amines) is 1. The van der Waals surface area contributed by atoms with Crippen LogP contribution >= 0.6 is 0 Å². The van der Waals surface area contributed by atoms with Crippen molar-refractivity contribution in [1.82, 2.24) is 4.90 Å². The highest BCUT2D eigenvalue weighted by atomic mass is 16.2. The van der Waals surface area contributed by atoms with E-state index < -0.39 is 0 Å². The monoisotopic (exact) mass is 271 g/mol. The Morgan fingerprint density at radius 3 is 2.75 bits per heavy atom. The Hall–Kier alpha value is -1.64. The average molecular weight is 271 g/mol. The molecular weight excluding hydrogens is 250 g/mol. The van der Waals surface area contributed by atoms with Gasteiger partial charge < -0.3 is 4.90 Å². The minimum atomic E-state index is 0.0571. The summed E-state index contributed by atoms with van der Waals surface area (Å²) in [5.74, 6) is 1.17. The third kappa shape index (κ3) is 2.49. The second-order valence-corrected chi connectivity index (χ2v) is 5.97. The average Bonchev–Trinajstić information content (AvgIpc) is 3.28. The first-order chi connectivity index (χ1) is 9.70. The number of Topliss-reactive ketones (excluding diaryl/α,β-unsaturated/α-hetero) is 1. The summed E-state index contributed by atoms with van der Waals surface area (Å²) in [5, 5.41) is 0. The van der Waals surface area contributed by atoms with Gasteiger partial charge in [0.2, 0.25) is 5.91 Å². The van der Waals surface area contributed by atoms with Crippen molar-refractivity contribution >= 4 is 11.7 Å². The van der Waals surface area contributed by atoms with Crippen molar-refractivity contribution in [3.8, 4) is 0 Å². The Labute approximate surface area is 120 Å². The quantitative estimate of drug-likeness (QED) is 0.847. The summed E-state index contributed by atoms with van der Waals surface area (Å²) in [5.41, 5.74) is 1.27. The van der Waals surface area contributed by atoms with E-state index in [0.29, 0.717) is 31.2 Å². The van der Waals surface area contributed by atoms with Gasteiger partial charge in [-0.1, -0.05) is 37.3 Å². The summed E-state index contributed by atoms with van der Waals surface area (Å²) in [6, 6.07) is 10.3. The Kier molecular flexibility index (Phi) is 3.60. The van der Waals surface area contributed by atoms with Gasteiger partial charge in [0, 0.05) is 31.3 Å². The topological polar surface area (TPSA) is 37.4 Å². The minimum Gasteiger partial charge on any atom is -0.341 e. The van der Waals surface area contributed by atoms with Crippen LogP contribution in [0, 0.1) is 11.8 Å². The minimum absolute atomic E-state index is 0.0571. The van der Waals surface area contributed by atoms with Gasteiger partial charge in [0.05, 0.1) is 0 Å². The standard InChI is InChI=1S/C17H21NO2/c1-2-12-11-18(9-8-16(12)19)17(20)15-10-14(15)13-6-4-3-5-7-13/h3-7,12,14-15H,2,8-11H2,1H3. The van der Waals surface area contributed by atoms with E-state index in [4.69, 9.17) is 0 Å². The highest BCUT2D eigenvalue weighted by molar-refractivity contribution is 5.87. The van der Waals surface area contributed by atoms with Gasteiger partial charge in [-0.15, -0.1) is 0 Å². The molecule has 3 unspecified atom stereocenters. The lowest BCUT2D eigenvalue weighted by molar-refractivity contribution is -0.138. The molecule has 0 radical (unpaired) electrons. The lowest BCUT2D eigenvalue weighted by Crippen LogP contribution is -2.44. The zero-order valence-corrected chi connectivity index (χ0v) is 11.9. The molecule has 1 aliphatic carbocycles. The van der Waals surface area contributed by atoms with E-state index in [1.165, 1.54) is 5.56 Å². The van der Waals surface area contributed by atoms with Crippen LogP contribution in [0.4, 0.5) is 0 Å². The highest BCUT2D eigenvalue weighted by Crippen LogP contribution is 2.48. The normalized spacial score (nSPS) is 29.4. The summed E-state index contributed by atoms with van der Waals surface area (Å²) < 4.78 is 0. The summed E-state index contributed by atoms with van der Waals surface area (Å²) in [7, 11) is 0. The first-order valence-corrected chi connectivity index (χ1v) is 7.57. The van der Waals surface area contributed by atoms with Crippen molar-refractivity contribution in [1.29, 1.82) is 0 Å². The fraction of sp³-hybridized carbons (Fsp3) is 0.529. The largest absolute Gasteiger partial charge is 0.341 e. The molecule has 1 saturated heterocycles. The number of carbonyl (C=O) groups is 2. The van der Waals surface area contributed by atoms with Crippen LogP contribution in [0.5, 0.6) is 0 Å². The van der Waals surface area contributed by atoms with Crippen molar-refractivity contribution in [3.05, 3.63) is 35.9 Å². The summed E-state index contributed by atoms with van der Waals surface area (Å²) in [6.07, 6.45) is 2.34. The lowest BCUT2D eigenvalue weighted by Gasteiger charge is -2.31. The molecule has 3 rings (SSSR count). The van der Waals surface area contributed by atoms with Gasteiger partial charge in [0.1, 0.15) is 5.78 Å². The first-order valence-electron chi connectivity index (χ1n) is 7.57. The van der Waals surface area contributed by atoms with Crippen LogP contribution in [0.2, 0.25) is 0 Å². The fourth-order valence-corrected chi connectivity index (χ4v) is 3.24. The van der Waals surface area contributed by atoms with E-state index in [1.807, 2.05) is 30.0 Å². The van der Waals surface area contributed by atoms with Gasteiger partial charge >= 0.3 is 0 Å². The van der Waals surface area contributed by atoms with E-state index in [-0.39, 0.29) is 17.7 Å². The van der Waals surface area contributed by atoms with Crippen molar-refractivity contribution in [2.75, 3.05) is 13.1 Å².